The van der Waals surface area contributed by atoms with Crippen LogP contribution in [0.5, 0.6) is 0 Å². The molecule has 0 aromatic heterocycles. The van der Waals surface area contributed by atoms with Crippen LogP contribution < -0.4 is 5.73 Å². The lowest BCUT2D eigenvalue weighted by Gasteiger charge is -2.38. The zero-order chi connectivity index (χ0) is 10.8. The third-order valence-corrected chi connectivity index (χ3v) is 3.25. The molecule has 1 rings (SSSR count). The fraction of sp³-hybridized carbons (Fsp3) is 0.909. The molecule has 0 aliphatic carbocycles. The number of hydrogen-bond acceptors (Lipinski definition) is 2. The Kier molecular flexibility index (Phi) is 3.53. The molecule has 1 amide bonds. The molecule has 1 aliphatic rings. The topological polar surface area (TPSA) is 46.3 Å². The third kappa shape index (κ3) is 2.71. The normalized spacial score (nSPS) is 19.9. The van der Waals surface area contributed by atoms with E-state index in [0.29, 0.717) is 5.41 Å². The Hall–Kier alpha value is -0.570. The van der Waals surface area contributed by atoms with Crippen molar-refractivity contribution in [2.45, 2.75) is 33.6 Å². The highest BCUT2D eigenvalue weighted by Crippen LogP contribution is 2.34. The number of carbonyl (C=O) groups excluding carboxylic acids is 1. The van der Waals surface area contributed by atoms with Gasteiger partial charge in [-0.15, -0.1) is 0 Å². The maximum atomic E-state index is 11.3. The minimum atomic E-state index is 0.0948. The Bertz CT molecular complexity index is 200. The molecule has 1 heterocycles. The summed E-state index contributed by atoms with van der Waals surface area (Å²) < 4.78 is 0. The highest BCUT2D eigenvalue weighted by atomic mass is 16.2. The molecule has 2 N–H and O–H groups in total. The smallest absolute Gasteiger partial charge is 0.236 e. The van der Waals surface area contributed by atoms with Gasteiger partial charge in [0.1, 0.15) is 0 Å². The van der Waals surface area contributed by atoms with Crippen LogP contribution in [-0.4, -0.2) is 30.4 Å². The van der Waals surface area contributed by atoms with Crippen molar-refractivity contribution in [3.63, 3.8) is 0 Å². The Balaban J connectivity index is 2.43. The van der Waals surface area contributed by atoms with Gasteiger partial charge in [-0.2, -0.15) is 0 Å². The van der Waals surface area contributed by atoms with Gasteiger partial charge in [-0.25, -0.2) is 0 Å². The monoisotopic (exact) mass is 198 g/mol. The third-order valence-electron chi connectivity index (χ3n) is 3.25. The van der Waals surface area contributed by atoms with Gasteiger partial charge in [-0.1, -0.05) is 20.8 Å². The molecule has 0 radical (unpaired) electrons. The second-order valence-electron chi connectivity index (χ2n) is 5.23. The van der Waals surface area contributed by atoms with Crippen molar-refractivity contribution in [3.05, 3.63) is 0 Å². The summed E-state index contributed by atoms with van der Waals surface area (Å²) in [5.74, 6) is 0.835. The summed E-state index contributed by atoms with van der Waals surface area (Å²) in [6, 6.07) is 0. The maximum Gasteiger partial charge on any atom is 0.236 e. The van der Waals surface area contributed by atoms with Gasteiger partial charge >= 0.3 is 0 Å². The molecule has 14 heavy (non-hydrogen) atoms. The van der Waals surface area contributed by atoms with Crippen LogP contribution in [0.4, 0.5) is 0 Å². The summed E-state index contributed by atoms with van der Waals surface area (Å²) >= 11 is 0. The average Bonchev–Trinajstić information content (AvgIpc) is 2.15. The zero-order valence-electron chi connectivity index (χ0n) is 9.55. The maximum absolute atomic E-state index is 11.3. The summed E-state index contributed by atoms with van der Waals surface area (Å²) in [5, 5.41) is 0. The largest absolute Gasteiger partial charge is 0.342 e. The highest BCUT2D eigenvalue weighted by molar-refractivity contribution is 5.78. The average molecular weight is 198 g/mol. The molecular weight excluding hydrogens is 176 g/mol. The van der Waals surface area contributed by atoms with Crippen molar-refractivity contribution in [2.24, 2.45) is 17.1 Å². The first-order chi connectivity index (χ1) is 6.45. The first-order valence-electron chi connectivity index (χ1n) is 5.43. The summed E-state index contributed by atoms with van der Waals surface area (Å²) in [6.45, 7) is 8.75. The summed E-state index contributed by atoms with van der Waals surface area (Å²) in [7, 11) is 0. The first kappa shape index (κ1) is 11.5. The SMILES string of the molecule is CC(C)(C)C1CCN(C(=O)CN)CC1. The summed E-state index contributed by atoms with van der Waals surface area (Å²) in [6.07, 6.45) is 2.24. The molecule has 0 spiro atoms. The zero-order valence-corrected chi connectivity index (χ0v) is 9.55. The molecule has 0 bridgehead atoms. The molecule has 1 saturated heterocycles. The van der Waals surface area contributed by atoms with Gasteiger partial charge in [0.2, 0.25) is 5.91 Å². The predicted octanol–water partition coefficient (Wildman–Crippen LogP) is 1.23. The van der Waals surface area contributed by atoms with Crippen molar-refractivity contribution in [2.75, 3.05) is 19.6 Å². The van der Waals surface area contributed by atoms with E-state index in [1.807, 2.05) is 4.90 Å². The fourth-order valence-electron chi connectivity index (χ4n) is 2.12. The molecule has 82 valence electrons. The van der Waals surface area contributed by atoms with Crippen molar-refractivity contribution >= 4 is 5.91 Å². The van der Waals surface area contributed by atoms with Crippen molar-refractivity contribution in [1.82, 2.24) is 4.90 Å². The second kappa shape index (κ2) is 4.30. The van der Waals surface area contributed by atoms with E-state index in [1.165, 1.54) is 0 Å². The van der Waals surface area contributed by atoms with Gasteiger partial charge in [0.15, 0.2) is 0 Å². The highest BCUT2D eigenvalue weighted by Gasteiger charge is 2.29. The van der Waals surface area contributed by atoms with E-state index in [4.69, 9.17) is 5.73 Å². The van der Waals surface area contributed by atoms with Gasteiger partial charge in [0.05, 0.1) is 6.54 Å². The first-order valence-corrected chi connectivity index (χ1v) is 5.43. The molecule has 1 aliphatic heterocycles. The number of carbonyl (C=O) groups is 1. The van der Waals surface area contributed by atoms with Crippen LogP contribution >= 0.6 is 0 Å². The Labute approximate surface area is 86.6 Å². The lowest BCUT2D eigenvalue weighted by atomic mass is 9.75. The second-order valence-corrected chi connectivity index (χ2v) is 5.23. The van der Waals surface area contributed by atoms with E-state index in [9.17, 15) is 4.79 Å². The van der Waals surface area contributed by atoms with Crippen LogP contribution in [0.3, 0.4) is 0 Å². The van der Waals surface area contributed by atoms with Crippen molar-refractivity contribution < 1.29 is 4.79 Å². The van der Waals surface area contributed by atoms with Crippen LogP contribution in [0.2, 0.25) is 0 Å². The number of nitrogens with zero attached hydrogens (tertiary/aromatic N) is 1. The van der Waals surface area contributed by atoms with Crippen molar-refractivity contribution in [1.29, 1.82) is 0 Å². The van der Waals surface area contributed by atoms with Crippen LogP contribution in [0, 0.1) is 11.3 Å². The molecule has 3 heteroatoms. The van der Waals surface area contributed by atoms with Crippen LogP contribution in [0.25, 0.3) is 0 Å². The van der Waals surface area contributed by atoms with E-state index in [1.54, 1.807) is 0 Å². The standard InChI is InChI=1S/C11H22N2O/c1-11(2,3)9-4-6-13(7-5-9)10(14)8-12/h9H,4-8,12H2,1-3H3. The molecule has 1 fully saturated rings. The summed E-state index contributed by atoms with van der Waals surface area (Å²) in [4.78, 5) is 13.2. The minimum absolute atomic E-state index is 0.0948. The van der Waals surface area contributed by atoms with E-state index in [0.717, 1.165) is 31.8 Å². The molecule has 0 aromatic carbocycles. The number of hydrogen-bond donors (Lipinski definition) is 1. The predicted molar refractivity (Wildman–Crippen MR) is 57.8 cm³/mol. The van der Waals surface area contributed by atoms with Gasteiger partial charge in [0, 0.05) is 13.1 Å². The number of piperidine rings is 1. The minimum Gasteiger partial charge on any atom is -0.342 e. The van der Waals surface area contributed by atoms with Gasteiger partial charge < -0.3 is 10.6 Å². The molecule has 0 saturated carbocycles. The van der Waals surface area contributed by atoms with Gasteiger partial charge in [-0.3, -0.25) is 4.79 Å². The van der Waals surface area contributed by atoms with E-state index in [-0.39, 0.29) is 12.5 Å². The van der Waals surface area contributed by atoms with Crippen LogP contribution in [-0.2, 0) is 4.79 Å². The molecule has 0 aromatic rings. The number of likely N-dealkylation sites (tertiary alicyclic amines) is 1. The summed E-state index contributed by atoms with van der Waals surface area (Å²) in [5.41, 5.74) is 5.70. The van der Waals surface area contributed by atoms with E-state index < -0.39 is 0 Å². The Morgan fingerprint density at radius 1 is 1.36 bits per heavy atom. The number of amides is 1. The molecule has 0 atom stereocenters. The van der Waals surface area contributed by atoms with Crippen molar-refractivity contribution in [3.8, 4) is 0 Å². The Morgan fingerprint density at radius 2 is 1.86 bits per heavy atom. The Morgan fingerprint density at radius 3 is 2.21 bits per heavy atom. The number of nitrogens with two attached hydrogens (primary N) is 1. The lowest BCUT2D eigenvalue weighted by Crippen LogP contribution is -2.43. The van der Waals surface area contributed by atoms with Crippen LogP contribution in [0.15, 0.2) is 0 Å². The van der Waals surface area contributed by atoms with E-state index >= 15 is 0 Å². The number of rotatable bonds is 1. The lowest BCUT2D eigenvalue weighted by molar-refractivity contribution is -0.131. The quantitative estimate of drug-likeness (QED) is 0.689. The molecule has 3 nitrogen and oxygen atoms in total. The van der Waals surface area contributed by atoms with Crippen LogP contribution in [0.1, 0.15) is 33.6 Å². The fourth-order valence-corrected chi connectivity index (χ4v) is 2.12. The molecule has 0 unspecified atom stereocenters. The van der Waals surface area contributed by atoms with E-state index in [2.05, 4.69) is 20.8 Å². The molecular formula is C11H22N2O. The van der Waals surface area contributed by atoms with Gasteiger partial charge in [-0.05, 0) is 24.2 Å². The van der Waals surface area contributed by atoms with Gasteiger partial charge in [0.25, 0.3) is 0 Å².